The number of benzene rings is 2. The number of aromatic nitrogens is 1. The lowest BCUT2D eigenvalue weighted by atomic mass is 10.2. The Kier molecular flexibility index (Phi) is 6.21. The van der Waals surface area contributed by atoms with E-state index in [1.54, 1.807) is 12.1 Å². The Bertz CT molecular complexity index is 957. The van der Waals surface area contributed by atoms with Crippen LogP contribution in [0.1, 0.15) is 11.3 Å². The summed E-state index contributed by atoms with van der Waals surface area (Å²) in [4.78, 5) is 28.3. The maximum absolute atomic E-state index is 12.0. The van der Waals surface area contributed by atoms with Crippen LogP contribution in [0.4, 0.5) is 5.69 Å². The van der Waals surface area contributed by atoms with Crippen LogP contribution in [0, 0.1) is 6.92 Å². The molecule has 3 aromatic rings. The molecule has 0 aliphatic rings. The van der Waals surface area contributed by atoms with Crippen LogP contribution in [-0.4, -0.2) is 23.5 Å². The van der Waals surface area contributed by atoms with E-state index in [0.29, 0.717) is 16.4 Å². The lowest BCUT2D eigenvalue weighted by Crippen LogP contribution is -2.21. The summed E-state index contributed by atoms with van der Waals surface area (Å²) in [6.45, 7) is 1.53. The number of nitrogens with zero attached hydrogens (tertiary/aromatic N) is 1. The number of carbonyl (C=O) groups is 2. The zero-order valence-electron chi connectivity index (χ0n) is 14.6. The monoisotopic (exact) mass is 400 g/mol. The number of aryl methyl sites for hydroxylation is 1. The normalized spacial score (nSPS) is 10.4. The molecule has 5 nitrogen and oxygen atoms in total. The minimum absolute atomic E-state index is 0.0158. The molecule has 7 heteroatoms. The van der Waals surface area contributed by atoms with E-state index in [2.05, 4.69) is 10.3 Å². The molecule has 138 valence electrons. The van der Waals surface area contributed by atoms with Gasteiger partial charge >= 0.3 is 5.97 Å². The van der Waals surface area contributed by atoms with E-state index in [-0.39, 0.29) is 13.0 Å². The molecule has 0 atom stereocenters. The van der Waals surface area contributed by atoms with E-state index < -0.39 is 11.9 Å². The number of anilines is 1. The standard InChI is InChI=1S/C20H17ClN2O3S/c1-13-7-8-17(16(21)9-13)23-18(24)11-26-19(25)10-15-12-27-20(22-15)14-5-3-2-4-6-14/h2-9,12H,10-11H2,1H3,(H,23,24). The first-order chi connectivity index (χ1) is 13.0. The van der Waals surface area contributed by atoms with Crippen molar-refractivity contribution >= 4 is 40.5 Å². The fourth-order valence-corrected chi connectivity index (χ4v) is 3.46. The molecular formula is C20H17ClN2O3S. The summed E-state index contributed by atoms with van der Waals surface area (Å²) in [5.41, 5.74) is 3.08. The van der Waals surface area contributed by atoms with E-state index in [1.165, 1.54) is 11.3 Å². The highest BCUT2D eigenvalue weighted by Gasteiger charge is 2.13. The lowest BCUT2D eigenvalue weighted by molar-refractivity contribution is -0.146. The number of hydrogen-bond donors (Lipinski definition) is 1. The van der Waals surface area contributed by atoms with Crippen molar-refractivity contribution < 1.29 is 14.3 Å². The van der Waals surface area contributed by atoms with E-state index in [0.717, 1.165) is 16.1 Å². The number of carbonyl (C=O) groups excluding carboxylic acids is 2. The molecule has 0 bridgehead atoms. The van der Waals surface area contributed by atoms with E-state index in [1.807, 2.05) is 48.7 Å². The average Bonchev–Trinajstić information content (AvgIpc) is 3.11. The zero-order chi connectivity index (χ0) is 19.2. The molecule has 1 aromatic heterocycles. The number of halogens is 1. The third-order valence-electron chi connectivity index (χ3n) is 3.66. The number of esters is 1. The summed E-state index contributed by atoms with van der Waals surface area (Å²) in [7, 11) is 0. The summed E-state index contributed by atoms with van der Waals surface area (Å²) in [6, 6.07) is 15.0. The molecule has 27 heavy (non-hydrogen) atoms. The first-order valence-electron chi connectivity index (χ1n) is 8.23. The molecule has 1 heterocycles. The number of ether oxygens (including phenoxy) is 1. The molecule has 0 radical (unpaired) electrons. The molecule has 0 aliphatic heterocycles. The van der Waals surface area contributed by atoms with Gasteiger partial charge < -0.3 is 10.1 Å². The molecule has 3 rings (SSSR count). The summed E-state index contributed by atoms with van der Waals surface area (Å²) in [6.07, 6.45) is 0.0158. The van der Waals surface area contributed by atoms with Crippen molar-refractivity contribution in [1.29, 1.82) is 0 Å². The average molecular weight is 401 g/mol. The highest BCUT2D eigenvalue weighted by molar-refractivity contribution is 7.13. The predicted octanol–water partition coefficient (Wildman–Crippen LogP) is 4.50. The highest BCUT2D eigenvalue weighted by Crippen LogP contribution is 2.24. The van der Waals surface area contributed by atoms with Gasteiger partial charge in [0.15, 0.2) is 6.61 Å². The van der Waals surface area contributed by atoms with Gasteiger partial charge in [-0.25, -0.2) is 4.98 Å². The van der Waals surface area contributed by atoms with Crippen LogP contribution in [0.15, 0.2) is 53.9 Å². The first kappa shape index (κ1) is 19.1. The van der Waals surface area contributed by atoms with Gasteiger partial charge in [-0.2, -0.15) is 0 Å². The molecule has 1 N–H and O–H groups in total. The van der Waals surface area contributed by atoms with Gasteiger partial charge in [-0.3, -0.25) is 9.59 Å². The minimum Gasteiger partial charge on any atom is -0.455 e. The van der Waals surface area contributed by atoms with Crippen LogP contribution in [0.3, 0.4) is 0 Å². The maximum atomic E-state index is 12.0. The third kappa shape index (κ3) is 5.39. The topological polar surface area (TPSA) is 68.3 Å². The van der Waals surface area contributed by atoms with Crippen LogP contribution >= 0.6 is 22.9 Å². The van der Waals surface area contributed by atoms with E-state index in [4.69, 9.17) is 16.3 Å². The van der Waals surface area contributed by atoms with Crippen molar-refractivity contribution in [3.05, 3.63) is 70.2 Å². The van der Waals surface area contributed by atoms with Gasteiger partial charge in [-0.05, 0) is 24.6 Å². The van der Waals surface area contributed by atoms with Gasteiger partial charge in [-0.15, -0.1) is 11.3 Å². The molecule has 0 fully saturated rings. The first-order valence-corrected chi connectivity index (χ1v) is 9.48. The van der Waals surface area contributed by atoms with Crippen LogP contribution < -0.4 is 5.32 Å². The quantitative estimate of drug-likeness (QED) is 0.619. The molecule has 0 saturated carbocycles. The number of rotatable bonds is 6. The number of nitrogens with one attached hydrogen (secondary N) is 1. The molecule has 1 amide bonds. The molecule has 0 aliphatic carbocycles. The van der Waals surface area contributed by atoms with E-state index in [9.17, 15) is 9.59 Å². The Morgan fingerprint density at radius 1 is 1.19 bits per heavy atom. The van der Waals surface area contributed by atoms with Gasteiger partial charge in [0, 0.05) is 10.9 Å². The zero-order valence-corrected chi connectivity index (χ0v) is 16.1. The SMILES string of the molecule is Cc1ccc(NC(=O)COC(=O)Cc2csc(-c3ccccc3)n2)c(Cl)c1. The summed E-state index contributed by atoms with van der Waals surface area (Å²) in [5.74, 6) is -0.956. The predicted molar refractivity (Wildman–Crippen MR) is 107 cm³/mol. The van der Waals surface area contributed by atoms with Gasteiger partial charge in [0.2, 0.25) is 0 Å². The second-order valence-corrected chi connectivity index (χ2v) is 7.14. The van der Waals surface area contributed by atoms with Gasteiger partial charge in [0.25, 0.3) is 5.91 Å². The second-order valence-electron chi connectivity index (χ2n) is 5.88. The van der Waals surface area contributed by atoms with Crippen LogP contribution in [0.5, 0.6) is 0 Å². The van der Waals surface area contributed by atoms with Crippen LogP contribution in [0.25, 0.3) is 10.6 Å². The Morgan fingerprint density at radius 2 is 1.96 bits per heavy atom. The lowest BCUT2D eigenvalue weighted by Gasteiger charge is -2.08. The fraction of sp³-hybridized carbons (Fsp3) is 0.150. The van der Waals surface area contributed by atoms with Crippen molar-refractivity contribution in [2.45, 2.75) is 13.3 Å². The van der Waals surface area contributed by atoms with Crippen molar-refractivity contribution in [2.75, 3.05) is 11.9 Å². The smallest absolute Gasteiger partial charge is 0.312 e. The number of hydrogen-bond acceptors (Lipinski definition) is 5. The minimum atomic E-state index is -0.509. The molecule has 2 aromatic carbocycles. The van der Waals surface area contributed by atoms with E-state index >= 15 is 0 Å². The van der Waals surface area contributed by atoms with Gasteiger partial charge in [0.1, 0.15) is 5.01 Å². The van der Waals surface area contributed by atoms with Crippen molar-refractivity contribution in [3.8, 4) is 10.6 Å². The Morgan fingerprint density at radius 3 is 2.70 bits per heavy atom. The summed E-state index contributed by atoms with van der Waals surface area (Å²) in [5, 5.41) is 5.71. The Hall–Kier alpha value is -2.70. The third-order valence-corrected chi connectivity index (χ3v) is 4.91. The molecule has 0 spiro atoms. The highest BCUT2D eigenvalue weighted by atomic mass is 35.5. The summed E-state index contributed by atoms with van der Waals surface area (Å²) < 4.78 is 5.03. The van der Waals surface area contributed by atoms with Crippen molar-refractivity contribution in [3.63, 3.8) is 0 Å². The summed E-state index contributed by atoms with van der Waals surface area (Å²) >= 11 is 7.53. The molecule has 0 saturated heterocycles. The van der Waals surface area contributed by atoms with Crippen LogP contribution in [0.2, 0.25) is 5.02 Å². The Balaban J connectivity index is 1.49. The number of thiazole rings is 1. The fourth-order valence-electron chi connectivity index (χ4n) is 2.35. The second kappa shape index (κ2) is 8.79. The molecular weight excluding hydrogens is 384 g/mol. The van der Waals surface area contributed by atoms with Gasteiger partial charge in [-0.1, -0.05) is 48.0 Å². The number of amides is 1. The van der Waals surface area contributed by atoms with Crippen molar-refractivity contribution in [1.82, 2.24) is 4.98 Å². The van der Waals surface area contributed by atoms with Crippen molar-refractivity contribution in [2.24, 2.45) is 0 Å². The Labute approximate surface area is 166 Å². The van der Waals surface area contributed by atoms with Crippen LogP contribution in [-0.2, 0) is 20.7 Å². The van der Waals surface area contributed by atoms with Gasteiger partial charge in [0.05, 0.1) is 22.8 Å². The molecule has 0 unspecified atom stereocenters. The maximum Gasteiger partial charge on any atom is 0.312 e. The largest absolute Gasteiger partial charge is 0.455 e.